The molecule has 2 heterocycles. The molecular formula is C19H16N2OS. The maximum absolute atomic E-state index is 11.9. The lowest BCUT2D eigenvalue weighted by Crippen LogP contribution is -2.23. The van der Waals surface area contributed by atoms with Crippen LogP contribution in [-0.2, 0) is 4.79 Å². The van der Waals surface area contributed by atoms with Crippen LogP contribution in [0.2, 0.25) is 0 Å². The predicted octanol–water partition coefficient (Wildman–Crippen LogP) is 4.60. The van der Waals surface area contributed by atoms with Crippen molar-refractivity contribution < 1.29 is 4.79 Å². The van der Waals surface area contributed by atoms with Crippen molar-refractivity contribution in [2.75, 3.05) is 11.4 Å². The molecule has 0 unspecified atom stereocenters. The van der Waals surface area contributed by atoms with Crippen LogP contribution in [0.1, 0.15) is 12.8 Å². The van der Waals surface area contributed by atoms with Gasteiger partial charge in [-0.15, -0.1) is 11.3 Å². The molecule has 114 valence electrons. The van der Waals surface area contributed by atoms with Gasteiger partial charge in [-0.3, -0.25) is 4.79 Å². The van der Waals surface area contributed by atoms with E-state index in [9.17, 15) is 4.79 Å². The summed E-state index contributed by atoms with van der Waals surface area (Å²) in [6, 6.07) is 18.3. The van der Waals surface area contributed by atoms with Crippen LogP contribution < -0.4 is 4.90 Å². The highest BCUT2D eigenvalue weighted by Crippen LogP contribution is 2.31. The number of benzene rings is 2. The van der Waals surface area contributed by atoms with E-state index in [4.69, 9.17) is 4.98 Å². The average Bonchev–Trinajstić information content (AvgIpc) is 3.25. The predicted molar refractivity (Wildman–Crippen MR) is 94.6 cm³/mol. The van der Waals surface area contributed by atoms with Crippen molar-refractivity contribution in [3.8, 4) is 21.8 Å². The molecule has 0 N–H and O–H groups in total. The van der Waals surface area contributed by atoms with Crippen LogP contribution in [0, 0.1) is 0 Å². The molecule has 3 aromatic rings. The molecule has 1 aliphatic heterocycles. The van der Waals surface area contributed by atoms with Gasteiger partial charge in [-0.1, -0.05) is 42.5 Å². The summed E-state index contributed by atoms with van der Waals surface area (Å²) in [6.45, 7) is 0.814. The van der Waals surface area contributed by atoms with Crippen LogP contribution in [0.5, 0.6) is 0 Å². The molecule has 0 spiro atoms. The average molecular weight is 320 g/mol. The lowest BCUT2D eigenvalue weighted by Gasteiger charge is -2.16. The minimum absolute atomic E-state index is 0.213. The number of carbonyl (C=O) groups excluding carboxylic acids is 1. The zero-order valence-corrected chi connectivity index (χ0v) is 13.4. The molecule has 1 saturated heterocycles. The van der Waals surface area contributed by atoms with Crippen LogP contribution in [0.15, 0.2) is 60.0 Å². The fraction of sp³-hybridized carbons (Fsp3) is 0.158. The summed E-state index contributed by atoms with van der Waals surface area (Å²) < 4.78 is 0. The molecule has 4 heteroatoms. The Balaban J connectivity index is 1.66. The maximum Gasteiger partial charge on any atom is 0.227 e. The number of hydrogen-bond acceptors (Lipinski definition) is 3. The highest BCUT2D eigenvalue weighted by atomic mass is 32.1. The molecule has 4 rings (SSSR count). The third-order valence-corrected chi connectivity index (χ3v) is 4.94. The van der Waals surface area contributed by atoms with Gasteiger partial charge in [0.05, 0.1) is 5.69 Å². The van der Waals surface area contributed by atoms with Gasteiger partial charge >= 0.3 is 0 Å². The van der Waals surface area contributed by atoms with E-state index in [-0.39, 0.29) is 5.91 Å². The summed E-state index contributed by atoms with van der Waals surface area (Å²) in [5.41, 5.74) is 4.12. The fourth-order valence-corrected chi connectivity index (χ4v) is 3.71. The van der Waals surface area contributed by atoms with Gasteiger partial charge in [0.15, 0.2) is 0 Å². The van der Waals surface area contributed by atoms with Gasteiger partial charge in [0.25, 0.3) is 0 Å². The molecule has 3 nitrogen and oxygen atoms in total. The Morgan fingerprint density at radius 1 is 1.00 bits per heavy atom. The topological polar surface area (TPSA) is 33.2 Å². The van der Waals surface area contributed by atoms with E-state index < -0.39 is 0 Å². The molecule has 0 aliphatic carbocycles. The maximum atomic E-state index is 11.9. The normalized spacial score (nSPS) is 14.4. The molecule has 2 aromatic carbocycles. The van der Waals surface area contributed by atoms with Gasteiger partial charge in [-0.05, 0) is 18.6 Å². The zero-order valence-electron chi connectivity index (χ0n) is 12.6. The van der Waals surface area contributed by atoms with Crippen LogP contribution in [0.4, 0.5) is 5.69 Å². The van der Waals surface area contributed by atoms with E-state index in [0.29, 0.717) is 6.42 Å². The summed E-state index contributed by atoms with van der Waals surface area (Å²) >= 11 is 1.64. The second-order valence-corrected chi connectivity index (χ2v) is 6.46. The van der Waals surface area contributed by atoms with E-state index in [1.807, 2.05) is 41.3 Å². The number of aromatic nitrogens is 1. The number of nitrogens with zero attached hydrogens (tertiary/aromatic N) is 2. The highest BCUT2D eigenvalue weighted by molar-refractivity contribution is 7.13. The number of anilines is 1. The summed E-state index contributed by atoms with van der Waals surface area (Å²) in [6.07, 6.45) is 1.59. The van der Waals surface area contributed by atoms with E-state index in [2.05, 4.69) is 23.6 Å². The van der Waals surface area contributed by atoms with Gasteiger partial charge < -0.3 is 4.90 Å². The van der Waals surface area contributed by atoms with Crippen molar-refractivity contribution in [3.63, 3.8) is 0 Å². The first-order valence-corrected chi connectivity index (χ1v) is 8.61. The van der Waals surface area contributed by atoms with Crippen LogP contribution in [0.25, 0.3) is 21.8 Å². The van der Waals surface area contributed by atoms with E-state index in [0.717, 1.165) is 40.5 Å². The molecule has 1 fully saturated rings. The molecule has 0 bridgehead atoms. The van der Waals surface area contributed by atoms with Gasteiger partial charge in [0, 0.05) is 35.2 Å². The Labute approximate surface area is 139 Å². The lowest BCUT2D eigenvalue weighted by molar-refractivity contribution is -0.117. The standard InChI is InChI=1S/C19H16N2OS/c22-18-10-5-11-21(18)16-9-4-8-15(12-16)17-13-23-19(20-17)14-6-2-1-3-7-14/h1-4,6-9,12-13H,5,10-11H2. The summed E-state index contributed by atoms with van der Waals surface area (Å²) in [7, 11) is 0. The first-order chi connectivity index (χ1) is 11.3. The quantitative estimate of drug-likeness (QED) is 0.706. The molecule has 1 aliphatic rings. The van der Waals surface area contributed by atoms with Crippen molar-refractivity contribution in [2.45, 2.75) is 12.8 Å². The zero-order chi connectivity index (χ0) is 15.6. The Hall–Kier alpha value is -2.46. The molecule has 0 radical (unpaired) electrons. The Bertz CT molecular complexity index is 841. The molecule has 0 saturated carbocycles. The van der Waals surface area contributed by atoms with Gasteiger partial charge in [-0.2, -0.15) is 0 Å². The Morgan fingerprint density at radius 2 is 1.83 bits per heavy atom. The van der Waals surface area contributed by atoms with E-state index in [1.54, 1.807) is 11.3 Å². The number of carbonyl (C=O) groups is 1. The van der Waals surface area contributed by atoms with Crippen LogP contribution >= 0.6 is 11.3 Å². The van der Waals surface area contributed by atoms with Crippen LogP contribution in [0.3, 0.4) is 0 Å². The SMILES string of the molecule is O=C1CCCN1c1cccc(-c2csc(-c3ccccc3)n2)c1. The highest BCUT2D eigenvalue weighted by Gasteiger charge is 2.21. The monoisotopic (exact) mass is 320 g/mol. The van der Waals surface area contributed by atoms with Crippen LogP contribution in [-0.4, -0.2) is 17.4 Å². The first-order valence-electron chi connectivity index (χ1n) is 7.73. The van der Waals surface area contributed by atoms with E-state index in [1.165, 1.54) is 0 Å². The van der Waals surface area contributed by atoms with Crippen molar-refractivity contribution >= 4 is 22.9 Å². The number of amides is 1. The summed E-state index contributed by atoms with van der Waals surface area (Å²) in [5.74, 6) is 0.213. The minimum Gasteiger partial charge on any atom is -0.312 e. The molecule has 23 heavy (non-hydrogen) atoms. The Morgan fingerprint density at radius 3 is 2.61 bits per heavy atom. The third kappa shape index (κ3) is 2.78. The summed E-state index contributed by atoms with van der Waals surface area (Å²) in [4.78, 5) is 18.5. The number of hydrogen-bond donors (Lipinski definition) is 0. The summed E-state index contributed by atoms with van der Waals surface area (Å²) in [5, 5.41) is 3.09. The van der Waals surface area contributed by atoms with Gasteiger partial charge in [0.1, 0.15) is 5.01 Å². The van der Waals surface area contributed by atoms with Crippen molar-refractivity contribution in [1.82, 2.24) is 4.98 Å². The van der Waals surface area contributed by atoms with Crippen molar-refractivity contribution in [1.29, 1.82) is 0 Å². The lowest BCUT2D eigenvalue weighted by atomic mass is 10.1. The number of thiazole rings is 1. The molecule has 1 aromatic heterocycles. The Kier molecular flexibility index (Phi) is 3.67. The largest absolute Gasteiger partial charge is 0.312 e. The second-order valence-electron chi connectivity index (χ2n) is 5.60. The first kappa shape index (κ1) is 14.2. The van der Waals surface area contributed by atoms with Gasteiger partial charge in [-0.25, -0.2) is 4.98 Å². The smallest absolute Gasteiger partial charge is 0.227 e. The van der Waals surface area contributed by atoms with Crippen molar-refractivity contribution in [2.24, 2.45) is 0 Å². The number of rotatable bonds is 3. The molecular weight excluding hydrogens is 304 g/mol. The third-order valence-electron chi connectivity index (χ3n) is 4.05. The fourth-order valence-electron chi connectivity index (χ4n) is 2.87. The van der Waals surface area contributed by atoms with E-state index >= 15 is 0 Å². The second kappa shape index (κ2) is 5.97. The molecule has 1 amide bonds. The van der Waals surface area contributed by atoms with Gasteiger partial charge in [0.2, 0.25) is 5.91 Å². The minimum atomic E-state index is 0.213. The molecule has 0 atom stereocenters. The van der Waals surface area contributed by atoms with Crippen molar-refractivity contribution in [3.05, 3.63) is 60.0 Å².